The zero-order valence-corrected chi connectivity index (χ0v) is 12.8. The monoisotopic (exact) mass is 333 g/mol. The standard InChI is InChI=1S/C12H16BrNO3S/c1-3-12(15)7-14(8-12)18(16,17)11-6-10(13)5-4-9(11)2/h4-6,15H,3,7-8H2,1-2H3. The lowest BCUT2D eigenvalue weighted by Gasteiger charge is -2.45. The number of β-amino-alcohol motifs (C(OH)–C–C–N with tert-alkyl or cyclic N) is 1. The summed E-state index contributed by atoms with van der Waals surface area (Å²) >= 11 is 3.28. The number of rotatable bonds is 3. The molecule has 0 saturated carbocycles. The lowest BCUT2D eigenvalue weighted by Crippen LogP contribution is -2.62. The smallest absolute Gasteiger partial charge is 0.243 e. The molecule has 6 heteroatoms. The fraction of sp³-hybridized carbons (Fsp3) is 0.500. The van der Waals surface area contributed by atoms with Gasteiger partial charge < -0.3 is 5.11 Å². The first-order valence-corrected chi connectivity index (χ1v) is 8.00. The van der Waals surface area contributed by atoms with Gasteiger partial charge in [-0.1, -0.05) is 28.9 Å². The van der Waals surface area contributed by atoms with Gasteiger partial charge in [-0.15, -0.1) is 0 Å². The Kier molecular flexibility index (Phi) is 3.57. The lowest BCUT2D eigenvalue weighted by atomic mass is 9.94. The third-order valence-electron chi connectivity index (χ3n) is 3.37. The summed E-state index contributed by atoms with van der Waals surface area (Å²) in [6.45, 7) is 3.98. The number of aryl methyl sites for hydroxylation is 1. The number of aliphatic hydroxyl groups is 1. The van der Waals surface area contributed by atoms with Gasteiger partial charge in [-0.2, -0.15) is 4.31 Å². The van der Waals surface area contributed by atoms with Gasteiger partial charge in [-0.05, 0) is 31.0 Å². The van der Waals surface area contributed by atoms with Gasteiger partial charge in [0.1, 0.15) is 0 Å². The molecule has 0 aliphatic carbocycles. The van der Waals surface area contributed by atoms with Crippen LogP contribution < -0.4 is 0 Å². The summed E-state index contributed by atoms with van der Waals surface area (Å²) in [5, 5.41) is 9.91. The van der Waals surface area contributed by atoms with Crippen LogP contribution in [0, 0.1) is 6.92 Å². The highest BCUT2D eigenvalue weighted by molar-refractivity contribution is 9.10. The Bertz CT molecular complexity index is 565. The largest absolute Gasteiger partial charge is 0.387 e. The van der Waals surface area contributed by atoms with Crippen molar-refractivity contribution < 1.29 is 13.5 Å². The Morgan fingerprint density at radius 1 is 1.44 bits per heavy atom. The van der Waals surface area contributed by atoms with Crippen molar-refractivity contribution in [3.05, 3.63) is 28.2 Å². The normalized spacial score (nSPS) is 19.6. The number of halogens is 1. The van der Waals surface area contributed by atoms with Crippen LogP contribution in [0.25, 0.3) is 0 Å². The molecule has 1 aromatic rings. The van der Waals surface area contributed by atoms with Crippen LogP contribution in [-0.4, -0.2) is 36.5 Å². The van der Waals surface area contributed by atoms with Crippen molar-refractivity contribution in [1.82, 2.24) is 4.31 Å². The molecule has 0 radical (unpaired) electrons. The second-order valence-corrected chi connectivity index (χ2v) is 7.58. The van der Waals surface area contributed by atoms with E-state index in [-0.39, 0.29) is 13.1 Å². The Morgan fingerprint density at radius 2 is 2.06 bits per heavy atom. The zero-order chi connectivity index (χ0) is 13.6. The van der Waals surface area contributed by atoms with Gasteiger partial charge in [-0.25, -0.2) is 8.42 Å². The van der Waals surface area contributed by atoms with E-state index in [1.54, 1.807) is 19.1 Å². The molecular formula is C12H16BrNO3S. The zero-order valence-electron chi connectivity index (χ0n) is 10.4. The highest BCUT2D eigenvalue weighted by Crippen LogP contribution is 2.32. The van der Waals surface area contributed by atoms with Crippen LogP contribution in [0.2, 0.25) is 0 Å². The van der Waals surface area contributed by atoms with Crippen LogP contribution in [-0.2, 0) is 10.0 Å². The summed E-state index contributed by atoms with van der Waals surface area (Å²) in [7, 11) is -3.49. The molecule has 1 saturated heterocycles. The number of sulfonamides is 1. The molecule has 2 rings (SSSR count). The van der Waals surface area contributed by atoms with Crippen molar-refractivity contribution in [2.24, 2.45) is 0 Å². The Balaban J connectivity index is 2.31. The van der Waals surface area contributed by atoms with Crippen LogP contribution in [0.15, 0.2) is 27.6 Å². The fourth-order valence-electron chi connectivity index (χ4n) is 1.99. The number of nitrogens with zero attached hydrogens (tertiary/aromatic N) is 1. The summed E-state index contributed by atoms with van der Waals surface area (Å²) < 4.78 is 26.8. The number of hydrogen-bond donors (Lipinski definition) is 1. The van der Waals surface area contributed by atoms with E-state index in [2.05, 4.69) is 15.9 Å². The van der Waals surface area contributed by atoms with E-state index in [1.165, 1.54) is 4.31 Å². The maximum Gasteiger partial charge on any atom is 0.243 e. The maximum atomic E-state index is 12.4. The topological polar surface area (TPSA) is 57.6 Å². The predicted molar refractivity (Wildman–Crippen MR) is 72.9 cm³/mol. The predicted octanol–water partition coefficient (Wildman–Crippen LogP) is 1.90. The third-order valence-corrected chi connectivity index (χ3v) is 5.79. The second-order valence-electron chi connectivity index (χ2n) is 4.76. The molecule has 1 N–H and O–H groups in total. The first-order valence-electron chi connectivity index (χ1n) is 5.77. The minimum absolute atomic E-state index is 0.178. The van der Waals surface area contributed by atoms with Crippen molar-refractivity contribution >= 4 is 26.0 Å². The highest BCUT2D eigenvalue weighted by Gasteiger charge is 2.46. The van der Waals surface area contributed by atoms with Crippen molar-refractivity contribution in [1.29, 1.82) is 0 Å². The molecular weight excluding hydrogens is 318 g/mol. The minimum Gasteiger partial charge on any atom is -0.387 e. The molecule has 0 spiro atoms. The van der Waals surface area contributed by atoms with Crippen LogP contribution in [0.1, 0.15) is 18.9 Å². The molecule has 0 atom stereocenters. The van der Waals surface area contributed by atoms with E-state index in [9.17, 15) is 13.5 Å². The van der Waals surface area contributed by atoms with Crippen LogP contribution in [0.3, 0.4) is 0 Å². The van der Waals surface area contributed by atoms with Crippen LogP contribution in [0.5, 0.6) is 0 Å². The quantitative estimate of drug-likeness (QED) is 0.919. The van der Waals surface area contributed by atoms with Crippen molar-refractivity contribution in [3.63, 3.8) is 0 Å². The summed E-state index contributed by atoms with van der Waals surface area (Å²) in [6.07, 6.45) is 0.566. The average Bonchev–Trinajstić information content (AvgIpc) is 2.28. The van der Waals surface area contributed by atoms with Gasteiger partial charge in [0.05, 0.1) is 10.5 Å². The molecule has 4 nitrogen and oxygen atoms in total. The molecule has 0 aromatic heterocycles. The Hall–Kier alpha value is -0.430. The second kappa shape index (κ2) is 4.59. The number of hydrogen-bond acceptors (Lipinski definition) is 3. The molecule has 0 amide bonds. The maximum absolute atomic E-state index is 12.4. The third kappa shape index (κ3) is 2.34. The number of benzene rings is 1. The van der Waals surface area contributed by atoms with E-state index in [0.29, 0.717) is 16.9 Å². The molecule has 0 unspecified atom stereocenters. The van der Waals surface area contributed by atoms with E-state index in [4.69, 9.17) is 0 Å². The van der Waals surface area contributed by atoms with E-state index in [0.717, 1.165) is 4.47 Å². The Morgan fingerprint density at radius 3 is 2.61 bits per heavy atom. The molecule has 100 valence electrons. The van der Waals surface area contributed by atoms with Gasteiger partial charge in [-0.3, -0.25) is 0 Å². The summed E-state index contributed by atoms with van der Waals surface area (Å²) in [5.74, 6) is 0. The molecule has 1 aliphatic rings. The van der Waals surface area contributed by atoms with Gasteiger partial charge in [0.2, 0.25) is 10.0 Å². The fourth-order valence-corrected chi connectivity index (χ4v) is 4.36. The average molecular weight is 334 g/mol. The van der Waals surface area contributed by atoms with Crippen molar-refractivity contribution in [2.45, 2.75) is 30.8 Å². The first kappa shape index (κ1) is 14.0. The van der Waals surface area contributed by atoms with Gasteiger partial charge >= 0.3 is 0 Å². The lowest BCUT2D eigenvalue weighted by molar-refractivity contribution is -0.0613. The van der Waals surface area contributed by atoms with Crippen LogP contribution in [0.4, 0.5) is 0 Å². The van der Waals surface area contributed by atoms with E-state index < -0.39 is 15.6 Å². The Labute approximate surface area is 116 Å². The molecule has 1 heterocycles. The van der Waals surface area contributed by atoms with E-state index >= 15 is 0 Å². The minimum atomic E-state index is -3.49. The molecule has 0 bridgehead atoms. The van der Waals surface area contributed by atoms with Gasteiger partial charge in [0, 0.05) is 17.6 Å². The highest BCUT2D eigenvalue weighted by atomic mass is 79.9. The molecule has 1 fully saturated rings. The molecule has 18 heavy (non-hydrogen) atoms. The van der Waals surface area contributed by atoms with Gasteiger partial charge in [0.15, 0.2) is 0 Å². The van der Waals surface area contributed by atoms with Crippen molar-refractivity contribution in [2.75, 3.05) is 13.1 Å². The summed E-state index contributed by atoms with van der Waals surface area (Å²) in [6, 6.07) is 5.18. The van der Waals surface area contributed by atoms with E-state index in [1.807, 2.05) is 13.0 Å². The summed E-state index contributed by atoms with van der Waals surface area (Å²) in [4.78, 5) is 0.301. The molecule has 1 aromatic carbocycles. The molecule has 1 aliphatic heterocycles. The van der Waals surface area contributed by atoms with Crippen LogP contribution >= 0.6 is 15.9 Å². The SMILES string of the molecule is CCC1(O)CN(S(=O)(=O)c2cc(Br)ccc2C)C1. The summed E-state index contributed by atoms with van der Waals surface area (Å²) in [5.41, 5.74) is -0.141. The van der Waals surface area contributed by atoms with Crippen molar-refractivity contribution in [3.8, 4) is 0 Å². The van der Waals surface area contributed by atoms with Gasteiger partial charge in [0.25, 0.3) is 0 Å². The first-order chi connectivity index (χ1) is 8.28.